The lowest BCUT2D eigenvalue weighted by molar-refractivity contribution is -0.164. The van der Waals surface area contributed by atoms with Crippen LogP contribution in [0.1, 0.15) is 105 Å². The van der Waals surface area contributed by atoms with Crippen molar-refractivity contribution < 1.29 is 10.2 Å². The third-order valence-corrected chi connectivity index (χ3v) is 12.6. The van der Waals surface area contributed by atoms with E-state index < -0.39 is 0 Å². The summed E-state index contributed by atoms with van der Waals surface area (Å²) in [6.07, 6.45) is 12.9. The first-order valence-corrected chi connectivity index (χ1v) is 13.5. The first-order valence-electron chi connectivity index (χ1n) is 13.5. The third kappa shape index (κ3) is 2.82. The maximum atomic E-state index is 11.3. The average molecular weight is 429 g/mol. The van der Waals surface area contributed by atoms with Crippen LogP contribution in [0, 0.1) is 51.2 Å². The molecule has 0 aromatic heterocycles. The van der Waals surface area contributed by atoms with E-state index in [-0.39, 0.29) is 12.2 Å². The summed E-state index contributed by atoms with van der Waals surface area (Å²) in [5.41, 5.74) is 3.03. The molecule has 0 radical (unpaired) electrons. The second-order valence-corrected chi connectivity index (χ2v) is 13.7. The van der Waals surface area contributed by atoms with E-state index in [1.165, 1.54) is 50.5 Å². The second-order valence-electron chi connectivity index (χ2n) is 13.7. The van der Waals surface area contributed by atoms with Gasteiger partial charge in [0.25, 0.3) is 0 Å². The molecule has 2 nitrogen and oxygen atoms in total. The number of hydrogen-bond donors (Lipinski definition) is 2. The zero-order valence-corrected chi connectivity index (χ0v) is 20.9. The van der Waals surface area contributed by atoms with Crippen LogP contribution in [0.4, 0.5) is 0 Å². The van der Waals surface area contributed by atoms with Gasteiger partial charge in [-0.1, -0.05) is 46.8 Å². The molecule has 10 atom stereocenters. The zero-order valence-electron chi connectivity index (χ0n) is 20.9. The number of allylic oxidation sites excluding steroid dienone is 1. The topological polar surface area (TPSA) is 40.5 Å². The van der Waals surface area contributed by atoms with Crippen molar-refractivity contribution in [3.63, 3.8) is 0 Å². The summed E-state index contributed by atoms with van der Waals surface area (Å²) in [6.45, 7) is 16.7. The van der Waals surface area contributed by atoms with Gasteiger partial charge in [-0.05, 0) is 122 Å². The van der Waals surface area contributed by atoms with Gasteiger partial charge in [-0.25, -0.2) is 0 Å². The largest absolute Gasteiger partial charge is 0.393 e. The van der Waals surface area contributed by atoms with Crippen molar-refractivity contribution in [3.8, 4) is 0 Å². The minimum atomic E-state index is -0.194. The molecule has 5 fully saturated rings. The van der Waals surface area contributed by atoms with Gasteiger partial charge in [-0.3, -0.25) is 0 Å². The molecule has 5 aliphatic carbocycles. The second kappa shape index (κ2) is 7.08. The van der Waals surface area contributed by atoms with Gasteiger partial charge >= 0.3 is 0 Å². The van der Waals surface area contributed by atoms with Gasteiger partial charge in [0.15, 0.2) is 0 Å². The van der Waals surface area contributed by atoms with Crippen molar-refractivity contribution in [2.75, 3.05) is 0 Å². The Balaban J connectivity index is 1.39. The van der Waals surface area contributed by atoms with Crippen LogP contribution >= 0.6 is 0 Å². The van der Waals surface area contributed by atoms with Crippen molar-refractivity contribution in [1.82, 2.24) is 0 Å². The summed E-state index contributed by atoms with van der Waals surface area (Å²) in [4.78, 5) is 0. The molecule has 5 saturated carbocycles. The van der Waals surface area contributed by atoms with E-state index in [0.717, 1.165) is 37.5 Å². The molecule has 5 aliphatic rings. The molecule has 31 heavy (non-hydrogen) atoms. The first-order chi connectivity index (χ1) is 14.5. The molecule has 2 N–H and O–H groups in total. The number of aliphatic hydroxyl groups is 2. The molecule has 5 rings (SSSR count). The lowest BCUT2D eigenvalue weighted by Gasteiger charge is -2.62. The lowest BCUT2D eigenvalue weighted by atomic mass is 9.43. The highest BCUT2D eigenvalue weighted by Gasteiger charge is 2.81. The van der Waals surface area contributed by atoms with Crippen LogP contribution in [-0.2, 0) is 0 Å². The normalized spacial score (nSPS) is 53.9. The first kappa shape index (κ1) is 22.5. The Morgan fingerprint density at radius 3 is 2.39 bits per heavy atom. The van der Waals surface area contributed by atoms with Gasteiger partial charge in [-0.2, -0.15) is 0 Å². The summed E-state index contributed by atoms with van der Waals surface area (Å²) >= 11 is 0. The van der Waals surface area contributed by atoms with E-state index in [1.54, 1.807) is 0 Å². The van der Waals surface area contributed by atoms with Crippen LogP contribution in [0.2, 0.25) is 0 Å². The molecule has 0 aliphatic heterocycles. The predicted octanol–water partition coefficient (Wildman–Crippen LogP) is 6.75. The van der Waals surface area contributed by atoms with Crippen LogP contribution in [-0.4, -0.2) is 22.4 Å². The van der Waals surface area contributed by atoms with Gasteiger partial charge in [0, 0.05) is 0 Å². The fourth-order valence-electron chi connectivity index (χ4n) is 10.4. The Morgan fingerprint density at radius 1 is 0.935 bits per heavy atom. The smallest absolute Gasteiger partial charge is 0.0577 e. The number of fused-ring (bicyclic) bond motifs is 2. The minimum absolute atomic E-state index is 0.179. The van der Waals surface area contributed by atoms with Gasteiger partial charge in [-0.15, -0.1) is 0 Å². The highest BCUT2D eigenvalue weighted by atomic mass is 16.3. The Morgan fingerprint density at radius 2 is 1.68 bits per heavy atom. The summed E-state index contributed by atoms with van der Waals surface area (Å²) in [5, 5.41) is 21.7. The molecule has 2 spiro atoms. The van der Waals surface area contributed by atoms with Crippen LogP contribution < -0.4 is 0 Å². The molecular formula is C29H48O2. The maximum absolute atomic E-state index is 11.3. The van der Waals surface area contributed by atoms with E-state index >= 15 is 0 Å². The highest BCUT2D eigenvalue weighted by molar-refractivity contribution is 5.30. The molecule has 0 aromatic rings. The Bertz CT molecular complexity index is 743. The van der Waals surface area contributed by atoms with Crippen molar-refractivity contribution in [2.24, 2.45) is 51.2 Å². The van der Waals surface area contributed by atoms with Crippen molar-refractivity contribution in [1.29, 1.82) is 0 Å². The van der Waals surface area contributed by atoms with Crippen LogP contribution in [0.15, 0.2) is 12.2 Å². The van der Waals surface area contributed by atoms with Gasteiger partial charge in [0.05, 0.1) is 12.2 Å². The quantitative estimate of drug-likeness (QED) is 0.475. The van der Waals surface area contributed by atoms with E-state index in [1.807, 2.05) is 0 Å². The Hall–Kier alpha value is -0.340. The van der Waals surface area contributed by atoms with Gasteiger partial charge in [0.1, 0.15) is 0 Å². The molecule has 176 valence electrons. The summed E-state index contributed by atoms with van der Waals surface area (Å²) in [7, 11) is 0. The fourth-order valence-corrected chi connectivity index (χ4v) is 10.4. The molecule has 0 aromatic carbocycles. The van der Waals surface area contributed by atoms with E-state index in [0.29, 0.717) is 39.4 Å². The number of rotatable bonds is 5. The van der Waals surface area contributed by atoms with E-state index in [4.69, 9.17) is 0 Å². The number of aliphatic hydroxyl groups excluding tert-OH is 2. The monoisotopic (exact) mass is 428 g/mol. The summed E-state index contributed by atoms with van der Waals surface area (Å²) in [6, 6.07) is 0. The van der Waals surface area contributed by atoms with E-state index in [9.17, 15) is 10.2 Å². The Labute approximate surface area is 191 Å². The van der Waals surface area contributed by atoms with Crippen LogP contribution in [0.3, 0.4) is 0 Å². The van der Waals surface area contributed by atoms with Crippen molar-refractivity contribution >= 4 is 0 Å². The molecular weight excluding hydrogens is 380 g/mol. The zero-order chi connectivity index (χ0) is 22.4. The van der Waals surface area contributed by atoms with Crippen LogP contribution in [0.5, 0.6) is 0 Å². The fraction of sp³-hybridized carbons (Fsp3) is 0.931. The Kier molecular flexibility index (Phi) is 5.13. The molecule has 2 heteroatoms. The van der Waals surface area contributed by atoms with E-state index in [2.05, 4.69) is 41.2 Å². The summed E-state index contributed by atoms with van der Waals surface area (Å²) < 4.78 is 0. The van der Waals surface area contributed by atoms with Gasteiger partial charge in [0.2, 0.25) is 0 Å². The molecule has 0 heterocycles. The standard InChI is InChI=1S/C29H48O2/c1-18(2)19(3)7-8-20(4)22-10-11-27(6)25-16-24(31)23-15-21(30)9-12-28(23)17-29(25,28)14-13-26(22,27)5/h18,20-25,30-31H,3,7-17H2,1-2,4-6H3. The molecule has 0 amide bonds. The SMILES string of the molecule is C=C(CCC(C)C1CCC2(C)C3CC(O)C4CC(O)CCC45CC35CCC12C)C(C)C. The highest BCUT2D eigenvalue weighted by Crippen LogP contribution is 2.87. The van der Waals surface area contributed by atoms with Crippen LogP contribution in [0.25, 0.3) is 0 Å². The summed E-state index contributed by atoms with van der Waals surface area (Å²) in [5.74, 6) is 3.22. The number of hydrogen-bond acceptors (Lipinski definition) is 2. The molecule has 0 bridgehead atoms. The average Bonchev–Trinajstić information content (AvgIpc) is 3.29. The minimum Gasteiger partial charge on any atom is -0.393 e. The molecule has 0 saturated heterocycles. The van der Waals surface area contributed by atoms with Gasteiger partial charge < -0.3 is 10.2 Å². The predicted molar refractivity (Wildman–Crippen MR) is 127 cm³/mol. The molecule has 10 unspecified atom stereocenters. The lowest BCUT2D eigenvalue weighted by Crippen LogP contribution is -2.57. The maximum Gasteiger partial charge on any atom is 0.0577 e. The van der Waals surface area contributed by atoms with Crippen molar-refractivity contribution in [2.45, 2.75) is 117 Å². The third-order valence-electron chi connectivity index (χ3n) is 12.6. The van der Waals surface area contributed by atoms with Crippen molar-refractivity contribution in [3.05, 3.63) is 12.2 Å².